The summed E-state index contributed by atoms with van der Waals surface area (Å²) in [6.07, 6.45) is 9.25. The smallest absolute Gasteiger partial charge is 0.255 e. The summed E-state index contributed by atoms with van der Waals surface area (Å²) in [7, 11) is 5.53. The monoisotopic (exact) mass is 391 g/mol. The third kappa shape index (κ3) is 3.50. The maximum atomic E-state index is 9.30. The first-order valence-electron chi connectivity index (χ1n) is 9.27. The van der Waals surface area contributed by atoms with Crippen LogP contribution in [0.1, 0.15) is 11.3 Å². The van der Waals surface area contributed by atoms with Crippen molar-refractivity contribution in [1.29, 1.82) is 0 Å². The molecule has 1 aliphatic rings. The average Bonchev–Trinajstić information content (AvgIpc) is 3.30. The number of benzene rings is 1. The number of aliphatic hydroxyl groups excluding tert-OH is 1. The Morgan fingerprint density at radius 3 is 2.69 bits per heavy atom. The molecule has 148 valence electrons. The Kier molecular flexibility index (Phi) is 5.09. The predicted molar refractivity (Wildman–Crippen MR) is 111 cm³/mol. The second-order valence-electron chi connectivity index (χ2n) is 6.78. The predicted octanol–water partition coefficient (Wildman–Crippen LogP) is 1.66. The van der Waals surface area contributed by atoms with Crippen molar-refractivity contribution in [2.75, 3.05) is 32.7 Å². The van der Waals surface area contributed by atoms with Gasteiger partial charge in [0.1, 0.15) is 23.3 Å². The molecule has 0 aliphatic carbocycles. The quantitative estimate of drug-likeness (QED) is 0.647. The summed E-state index contributed by atoms with van der Waals surface area (Å²) in [5.74, 6) is 1.65. The zero-order valence-corrected chi connectivity index (χ0v) is 16.6. The molecule has 0 bridgehead atoms. The highest BCUT2D eigenvalue weighted by molar-refractivity contribution is 6.13. The highest BCUT2D eigenvalue weighted by Crippen LogP contribution is 2.29. The molecule has 0 spiro atoms. The van der Waals surface area contributed by atoms with Crippen LogP contribution in [0, 0.1) is 0 Å². The molecule has 4 rings (SSSR count). The lowest BCUT2D eigenvalue weighted by Crippen LogP contribution is -2.34. The van der Waals surface area contributed by atoms with Crippen molar-refractivity contribution < 1.29 is 14.4 Å². The second-order valence-corrected chi connectivity index (χ2v) is 6.78. The number of fused-ring (bicyclic) bond motifs is 1. The zero-order valence-electron chi connectivity index (χ0n) is 16.6. The van der Waals surface area contributed by atoms with E-state index in [0.717, 1.165) is 39.9 Å². The molecule has 8 nitrogen and oxygen atoms in total. The number of allylic oxidation sites excluding steroid dienone is 1. The molecule has 0 saturated carbocycles. The van der Waals surface area contributed by atoms with Crippen LogP contribution < -0.4 is 14.2 Å². The molecule has 0 saturated heterocycles. The van der Waals surface area contributed by atoms with Gasteiger partial charge in [-0.1, -0.05) is 0 Å². The summed E-state index contributed by atoms with van der Waals surface area (Å²) < 4.78 is 9.09. The Morgan fingerprint density at radius 1 is 1.21 bits per heavy atom. The Morgan fingerprint density at radius 2 is 2.00 bits per heavy atom. The van der Waals surface area contributed by atoms with Gasteiger partial charge in [-0.3, -0.25) is 4.98 Å². The molecule has 8 heteroatoms. The fourth-order valence-electron chi connectivity index (χ4n) is 3.40. The van der Waals surface area contributed by atoms with Crippen LogP contribution in [0.3, 0.4) is 0 Å². The molecular formula is C21H23N6O2+. The SMILES string of the molecule is COc1ccc(C2=C/C(=N\c3cnn(CCO)c3N(C)C)c3cncc[n+]32)cc1. The second kappa shape index (κ2) is 7.84. The van der Waals surface area contributed by atoms with Crippen LogP contribution in [0.25, 0.3) is 5.70 Å². The number of nitrogens with zero attached hydrogens (tertiary/aromatic N) is 6. The van der Waals surface area contributed by atoms with Gasteiger partial charge in [0, 0.05) is 25.7 Å². The maximum Gasteiger partial charge on any atom is 0.255 e. The molecule has 1 aliphatic heterocycles. The van der Waals surface area contributed by atoms with Crippen molar-refractivity contribution in [3.63, 3.8) is 0 Å². The van der Waals surface area contributed by atoms with E-state index in [1.165, 1.54) is 0 Å². The van der Waals surface area contributed by atoms with Crippen LogP contribution in [0.2, 0.25) is 0 Å². The molecule has 0 atom stereocenters. The van der Waals surface area contributed by atoms with Gasteiger partial charge in [0.25, 0.3) is 5.69 Å². The largest absolute Gasteiger partial charge is 0.497 e. The molecule has 1 N–H and O–H groups in total. The van der Waals surface area contributed by atoms with E-state index in [1.54, 1.807) is 30.4 Å². The Hall–Kier alpha value is -3.52. The number of aliphatic hydroxyl groups is 1. The maximum absolute atomic E-state index is 9.30. The van der Waals surface area contributed by atoms with E-state index in [0.29, 0.717) is 6.54 Å². The Bertz CT molecular complexity index is 1080. The Labute approximate surface area is 169 Å². The van der Waals surface area contributed by atoms with E-state index in [9.17, 15) is 5.11 Å². The van der Waals surface area contributed by atoms with Crippen LogP contribution in [-0.4, -0.2) is 53.4 Å². The van der Waals surface area contributed by atoms with Gasteiger partial charge >= 0.3 is 0 Å². The van der Waals surface area contributed by atoms with Crippen molar-refractivity contribution in [3.05, 3.63) is 66.4 Å². The minimum absolute atomic E-state index is 0.0165. The van der Waals surface area contributed by atoms with Gasteiger partial charge in [0.15, 0.2) is 12.0 Å². The van der Waals surface area contributed by atoms with E-state index in [1.807, 2.05) is 55.5 Å². The van der Waals surface area contributed by atoms with Crippen LogP contribution in [-0.2, 0) is 6.54 Å². The van der Waals surface area contributed by atoms with Gasteiger partial charge in [-0.05, 0) is 24.3 Å². The zero-order chi connectivity index (χ0) is 20.4. The van der Waals surface area contributed by atoms with Crippen LogP contribution in [0.15, 0.2) is 60.1 Å². The van der Waals surface area contributed by atoms with E-state index in [4.69, 9.17) is 9.73 Å². The van der Waals surface area contributed by atoms with Crippen LogP contribution in [0.4, 0.5) is 11.5 Å². The summed E-state index contributed by atoms with van der Waals surface area (Å²) in [6.45, 7) is 0.431. The highest BCUT2D eigenvalue weighted by atomic mass is 16.5. The minimum atomic E-state index is 0.0165. The highest BCUT2D eigenvalue weighted by Gasteiger charge is 2.30. The first-order chi connectivity index (χ1) is 14.1. The fourth-order valence-corrected chi connectivity index (χ4v) is 3.40. The van der Waals surface area contributed by atoms with Crippen molar-refractivity contribution in [2.45, 2.75) is 6.54 Å². The molecular weight excluding hydrogens is 368 g/mol. The van der Waals surface area contributed by atoms with Gasteiger partial charge in [0.05, 0.1) is 32.7 Å². The molecule has 1 aromatic carbocycles. The van der Waals surface area contributed by atoms with E-state index >= 15 is 0 Å². The molecule has 0 radical (unpaired) electrons. The van der Waals surface area contributed by atoms with Crippen molar-refractivity contribution in [3.8, 4) is 5.75 Å². The lowest BCUT2D eigenvalue weighted by Gasteiger charge is -2.15. The molecule has 29 heavy (non-hydrogen) atoms. The van der Waals surface area contributed by atoms with Gasteiger partial charge in [-0.25, -0.2) is 9.67 Å². The summed E-state index contributed by atoms with van der Waals surface area (Å²) in [5, 5.41) is 13.7. The van der Waals surface area contributed by atoms with Gasteiger partial charge in [0.2, 0.25) is 5.70 Å². The number of aliphatic imine (C=N–C) groups is 1. The topological polar surface area (TPSA) is 79.7 Å². The lowest BCUT2D eigenvalue weighted by molar-refractivity contribution is -0.578. The lowest BCUT2D eigenvalue weighted by atomic mass is 10.1. The third-order valence-corrected chi connectivity index (χ3v) is 4.71. The normalized spacial score (nSPS) is 14.1. The van der Waals surface area contributed by atoms with Crippen molar-refractivity contribution in [1.82, 2.24) is 14.8 Å². The summed E-state index contributed by atoms with van der Waals surface area (Å²) in [5.41, 5.74) is 4.50. The number of methoxy groups -OCH3 is 1. The van der Waals surface area contributed by atoms with Crippen LogP contribution >= 0.6 is 0 Å². The number of hydrogen-bond acceptors (Lipinski definition) is 6. The van der Waals surface area contributed by atoms with E-state index < -0.39 is 0 Å². The molecule has 3 aromatic rings. The average molecular weight is 391 g/mol. The minimum Gasteiger partial charge on any atom is -0.497 e. The summed E-state index contributed by atoms with van der Waals surface area (Å²) >= 11 is 0. The fraction of sp³-hybridized carbons (Fsp3) is 0.238. The van der Waals surface area contributed by atoms with E-state index in [2.05, 4.69) is 14.6 Å². The Balaban J connectivity index is 1.81. The molecule has 3 heterocycles. The van der Waals surface area contributed by atoms with Gasteiger partial charge < -0.3 is 14.7 Å². The number of rotatable bonds is 6. The molecule has 0 unspecified atom stereocenters. The number of anilines is 1. The van der Waals surface area contributed by atoms with Gasteiger partial charge in [-0.15, -0.1) is 0 Å². The van der Waals surface area contributed by atoms with E-state index in [-0.39, 0.29) is 6.61 Å². The standard InChI is InChI=1S/C21H23N6O2/c1-25(2)21-18(13-23-27(21)10-11-28)24-17-12-19(26-9-8-22-14-20(17)26)15-4-6-16(29-3)7-5-15/h4-9,12-14,28H,10-11H2,1-3H3/q+1. The number of hydrogen-bond donors (Lipinski definition) is 1. The molecule has 0 fully saturated rings. The van der Waals surface area contributed by atoms with Crippen molar-refractivity contribution >= 4 is 22.9 Å². The van der Waals surface area contributed by atoms with Crippen molar-refractivity contribution in [2.24, 2.45) is 4.99 Å². The third-order valence-electron chi connectivity index (χ3n) is 4.71. The first kappa shape index (κ1) is 18.8. The first-order valence-corrected chi connectivity index (χ1v) is 9.27. The summed E-state index contributed by atoms with van der Waals surface area (Å²) in [4.78, 5) is 11.1. The van der Waals surface area contributed by atoms with Gasteiger partial charge in [-0.2, -0.15) is 9.67 Å². The molecule has 2 aromatic heterocycles. The van der Waals surface area contributed by atoms with Crippen LogP contribution in [0.5, 0.6) is 5.75 Å². The molecule has 0 amide bonds. The number of aromatic nitrogens is 4. The summed E-state index contributed by atoms with van der Waals surface area (Å²) in [6, 6.07) is 7.93. The number of ether oxygens (including phenoxy) is 1.